The number of Topliss-reactive ketones (excluding diaryl/α,β-unsaturated/α-hetero) is 1. The van der Waals surface area contributed by atoms with Crippen molar-refractivity contribution in [1.29, 1.82) is 0 Å². The summed E-state index contributed by atoms with van der Waals surface area (Å²) < 4.78 is 0. The number of rotatable bonds is 3. The van der Waals surface area contributed by atoms with Gasteiger partial charge in [0.05, 0.1) is 16.6 Å². The van der Waals surface area contributed by atoms with Gasteiger partial charge in [0.1, 0.15) is 0 Å². The first-order valence-corrected chi connectivity index (χ1v) is 4.97. The first-order chi connectivity index (χ1) is 6.57. The molecule has 4 N–H and O–H groups in total. The van der Waals surface area contributed by atoms with Crippen LogP contribution in [0.3, 0.4) is 0 Å². The second-order valence-corrected chi connectivity index (χ2v) is 3.25. The third-order valence-corrected chi connectivity index (χ3v) is 2.30. The van der Waals surface area contributed by atoms with Gasteiger partial charge in [-0.15, -0.1) is 0 Å². The minimum absolute atomic E-state index is 0.143. The number of amides is 1. The molecule has 0 bridgehead atoms. The topological polar surface area (TPSA) is 86.2 Å². The molecule has 4 nitrogen and oxygen atoms in total. The zero-order valence-corrected chi connectivity index (χ0v) is 8.87. The molecule has 0 saturated heterocycles. The highest BCUT2D eigenvalue weighted by molar-refractivity contribution is 9.09. The molecule has 1 rings (SSSR count). The summed E-state index contributed by atoms with van der Waals surface area (Å²) in [6.07, 6.45) is 0. The Balaban J connectivity index is 3.27. The van der Waals surface area contributed by atoms with Crippen molar-refractivity contribution in [3.05, 3.63) is 29.3 Å². The lowest BCUT2D eigenvalue weighted by Crippen LogP contribution is -2.16. The number of carbonyl (C=O) groups excluding carboxylic acids is 2. The average Bonchev–Trinajstić information content (AvgIpc) is 2.16. The highest BCUT2D eigenvalue weighted by atomic mass is 79.9. The molecule has 0 aliphatic heterocycles. The molecule has 0 atom stereocenters. The van der Waals surface area contributed by atoms with Gasteiger partial charge in [-0.3, -0.25) is 9.59 Å². The number of ketones is 1. The van der Waals surface area contributed by atoms with Crippen LogP contribution in [0.1, 0.15) is 20.7 Å². The lowest BCUT2D eigenvalue weighted by atomic mass is 10.0. The molecule has 0 aromatic heterocycles. The molecule has 1 amide bonds. The molecule has 0 heterocycles. The van der Waals surface area contributed by atoms with Gasteiger partial charge in [0.25, 0.3) is 5.91 Å². The van der Waals surface area contributed by atoms with E-state index < -0.39 is 5.91 Å². The van der Waals surface area contributed by atoms with E-state index in [2.05, 4.69) is 15.9 Å². The Morgan fingerprint density at radius 1 is 1.29 bits per heavy atom. The smallest absolute Gasteiger partial charge is 0.250 e. The summed E-state index contributed by atoms with van der Waals surface area (Å²) in [7, 11) is 0. The van der Waals surface area contributed by atoms with Gasteiger partial charge in [-0.05, 0) is 12.1 Å². The first-order valence-electron chi connectivity index (χ1n) is 3.85. The third-order valence-electron chi connectivity index (χ3n) is 1.79. The molecule has 0 saturated carbocycles. The Morgan fingerprint density at radius 2 is 1.86 bits per heavy atom. The summed E-state index contributed by atoms with van der Waals surface area (Å²) >= 11 is 3.03. The Hall–Kier alpha value is -1.36. The minimum Gasteiger partial charge on any atom is -0.397 e. The molecule has 5 heteroatoms. The Morgan fingerprint density at radius 3 is 2.36 bits per heavy atom. The number of primary amides is 1. The van der Waals surface area contributed by atoms with Crippen molar-refractivity contribution in [1.82, 2.24) is 0 Å². The normalized spacial score (nSPS) is 9.79. The molecular weight excluding hydrogens is 248 g/mol. The Bertz CT molecular complexity index is 390. The molecule has 74 valence electrons. The van der Waals surface area contributed by atoms with E-state index in [0.717, 1.165) is 0 Å². The van der Waals surface area contributed by atoms with Crippen LogP contribution >= 0.6 is 15.9 Å². The van der Waals surface area contributed by atoms with E-state index in [1.807, 2.05) is 0 Å². The molecule has 0 radical (unpaired) electrons. The highest BCUT2D eigenvalue weighted by Gasteiger charge is 2.13. The van der Waals surface area contributed by atoms with Gasteiger partial charge >= 0.3 is 0 Å². The molecule has 0 unspecified atom stereocenters. The fourth-order valence-electron chi connectivity index (χ4n) is 1.10. The van der Waals surface area contributed by atoms with Crippen molar-refractivity contribution in [2.24, 2.45) is 5.73 Å². The highest BCUT2D eigenvalue weighted by Crippen LogP contribution is 2.18. The zero-order chi connectivity index (χ0) is 10.7. The fraction of sp³-hybridized carbons (Fsp3) is 0.111. The van der Waals surface area contributed by atoms with Gasteiger partial charge in [0.2, 0.25) is 0 Å². The number of halogens is 1. The number of hydrogen-bond acceptors (Lipinski definition) is 3. The summed E-state index contributed by atoms with van der Waals surface area (Å²) in [6.45, 7) is 0. The number of benzene rings is 1. The predicted molar refractivity (Wildman–Crippen MR) is 57.5 cm³/mol. The molecule has 1 aromatic carbocycles. The van der Waals surface area contributed by atoms with Crippen molar-refractivity contribution < 1.29 is 9.59 Å². The average molecular weight is 257 g/mol. The maximum atomic E-state index is 11.3. The van der Waals surface area contributed by atoms with E-state index >= 15 is 0 Å². The molecule has 0 aliphatic carbocycles. The second-order valence-electron chi connectivity index (χ2n) is 2.69. The van der Waals surface area contributed by atoms with Crippen molar-refractivity contribution in [2.45, 2.75) is 0 Å². The largest absolute Gasteiger partial charge is 0.397 e. The summed E-state index contributed by atoms with van der Waals surface area (Å²) in [6, 6.07) is 4.63. The quantitative estimate of drug-likeness (QED) is 0.480. The fourth-order valence-corrected chi connectivity index (χ4v) is 1.40. The predicted octanol–water partition coefficient (Wildman–Crippen LogP) is 0.945. The van der Waals surface area contributed by atoms with Gasteiger partial charge in [-0.25, -0.2) is 0 Å². The van der Waals surface area contributed by atoms with Crippen LogP contribution in [0.2, 0.25) is 0 Å². The van der Waals surface area contributed by atoms with Crippen LogP contribution in [0.5, 0.6) is 0 Å². The molecule has 1 aromatic rings. The van der Waals surface area contributed by atoms with Crippen LogP contribution in [0, 0.1) is 0 Å². The molecule has 0 spiro atoms. The van der Waals surface area contributed by atoms with E-state index in [1.165, 1.54) is 6.07 Å². The minimum atomic E-state index is -0.633. The Labute approximate surface area is 89.4 Å². The number of anilines is 1. The summed E-state index contributed by atoms with van der Waals surface area (Å²) in [5.74, 6) is -0.808. The van der Waals surface area contributed by atoms with Crippen molar-refractivity contribution in [2.75, 3.05) is 11.1 Å². The maximum absolute atomic E-state index is 11.3. The monoisotopic (exact) mass is 256 g/mol. The summed E-state index contributed by atoms with van der Waals surface area (Å²) in [5.41, 5.74) is 11.3. The van der Waals surface area contributed by atoms with Gasteiger partial charge in [-0.1, -0.05) is 22.0 Å². The number of nitrogens with two attached hydrogens (primary N) is 2. The zero-order valence-electron chi connectivity index (χ0n) is 7.29. The number of para-hydroxylation sites is 1. The second kappa shape index (κ2) is 4.23. The van der Waals surface area contributed by atoms with Gasteiger partial charge in [0, 0.05) is 5.56 Å². The van der Waals surface area contributed by atoms with E-state index in [-0.39, 0.29) is 22.4 Å². The van der Waals surface area contributed by atoms with Crippen LogP contribution in [0.25, 0.3) is 0 Å². The maximum Gasteiger partial charge on any atom is 0.250 e. The number of alkyl halides is 1. The van der Waals surface area contributed by atoms with E-state index in [0.29, 0.717) is 5.56 Å². The van der Waals surface area contributed by atoms with Crippen LogP contribution in [-0.2, 0) is 0 Å². The van der Waals surface area contributed by atoms with Crippen LogP contribution in [0.4, 0.5) is 5.69 Å². The number of nitrogen functional groups attached to an aromatic ring is 1. The number of hydrogen-bond donors (Lipinski definition) is 2. The van der Waals surface area contributed by atoms with Crippen LogP contribution in [0.15, 0.2) is 18.2 Å². The van der Waals surface area contributed by atoms with Gasteiger partial charge in [-0.2, -0.15) is 0 Å². The standard InChI is InChI=1S/C9H9BrN2O2/c10-4-7(13)5-2-1-3-6(8(5)11)9(12)14/h1-3H,4,11H2,(H2,12,14). The van der Waals surface area contributed by atoms with Gasteiger partial charge in [0.15, 0.2) is 5.78 Å². The van der Waals surface area contributed by atoms with E-state index in [1.54, 1.807) is 12.1 Å². The number of carbonyl (C=O) groups is 2. The first kappa shape index (κ1) is 10.7. The molecule has 0 fully saturated rings. The van der Waals surface area contributed by atoms with Gasteiger partial charge < -0.3 is 11.5 Å². The van der Waals surface area contributed by atoms with Crippen molar-refractivity contribution >= 4 is 33.3 Å². The van der Waals surface area contributed by atoms with Crippen LogP contribution < -0.4 is 11.5 Å². The Kier molecular flexibility index (Phi) is 3.24. The molecule has 14 heavy (non-hydrogen) atoms. The molecular formula is C9H9BrN2O2. The third kappa shape index (κ3) is 1.93. The molecule has 0 aliphatic rings. The SMILES string of the molecule is NC(=O)c1cccc(C(=O)CBr)c1N. The van der Waals surface area contributed by atoms with Crippen LogP contribution in [-0.4, -0.2) is 17.0 Å². The van der Waals surface area contributed by atoms with Crippen molar-refractivity contribution in [3.63, 3.8) is 0 Å². The lowest BCUT2D eigenvalue weighted by molar-refractivity contribution is 0.100. The van der Waals surface area contributed by atoms with E-state index in [9.17, 15) is 9.59 Å². The van der Waals surface area contributed by atoms with E-state index in [4.69, 9.17) is 11.5 Å². The summed E-state index contributed by atoms with van der Waals surface area (Å²) in [5, 5.41) is 0.166. The summed E-state index contributed by atoms with van der Waals surface area (Å²) in [4.78, 5) is 22.2. The lowest BCUT2D eigenvalue weighted by Gasteiger charge is -2.05. The van der Waals surface area contributed by atoms with Crippen molar-refractivity contribution in [3.8, 4) is 0 Å².